The van der Waals surface area contributed by atoms with Crippen LogP contribution >= 0.6 is 0 Å². The summed E-state index contributed by atoms with van der Waals surface area (Å²) in [6.07, 6.45) is 4.71. The van der Waals surface area contributed by atoms with Gasteiger partial charge in [0.15, 0.2) is 0 Å². The van der Waals surface area contributed by atoms with Gasteiger partial charge in [-0.3, -0.25) is 0 Å². The highest BCUT2D eigenvalue weighted by Gasteiger charge is 2.17. The molecular formula is C11H17N3O. The molecular weight excluding hydrogens is 190 g/mol. The molecule has 1 aliphatic rings. The molecule has 2 N–H and O–H groups in total. The van der Waals surface area contributed by atoms with Gasteiger partial charge in [0.25, 0.3) is 0 Å². The molecule has 1 atom stereocenters. The Morgan fingerprint density at radius 3 is 3.20 bits per heavy atom. The smallest absolute Gasteiger partial charge is 0.128 e. The maximum atomic E-state index is 5.49. The van der Waals surface area contributed by atoms with E-state index in [-0.39, 0.29) is 0 Å². The second-order valence-corrected chi connectivity index (χ2v) is 3.94. The molecule has 0 amide bonds. The summed E-state index contributed by atoms with van der Waals surface area (Å²) >= 11 is 0. The zero-order chi connectivity index (χ0) is 10.5. The molecule has 1 aromatic heterocycles. The standard InChI is InChI=1S/C11H17N3O/c12-4-1-10-2-5-13-11(14-10)7-9-3-6-15-8-9/h2,5,9H,1,3-4,6-8,12H2. The Bertz CT molecular complexity index is 310. The van der Waals surface area contributed by atoms with Gasteiger partial charge in [-0.15, -0.1) is 0 Å². The van der Waals surface area contributed by atoms with E-state index >= 15 is 0 Å². The van der Waals surface area contributed by atoms with E-state index in [1.54, 1.807) is 0 Å². The fourth-order valence-corrected chi connectivity index (χ4v) is 1.83. The monoisotopic (exact) mass is 207 g/mol. The van der Waals surface area contributed by atoms with Crippen molar-refractivity contribution in [3.63, 3.8) is 0 Å². The van der Waals surface area contributed by atoms with Crippen molar-refractivity contribution in [1.29, 1.82) is 0 Å². The number of nitrogens with two attached hydrogens (primary N) is 1. The average molecular weight is 207 g/mol. The van der Waals surface area contributed by atoms with Crippen molar-refractivity contribution < 1.29 is 4.74 Å². The maximum Gasteiger partial charge on any atom is 0.128 e. The highest BCUT2D eigenvalue weighted by molar-refractivity contribution is 5.03. The molecule has 1 aromatic rings. The van der Waals surface area contributed by atoms with Crippen LogP contribution in [0.5, 0.6) is 0 Å². The fraction of sp³-hybridized carbons (Fsp3) is 0.636. The fourth-order valence-electron chi connectivity index (χ4n) is 1.83. The molecule has 0 aliphatic carbocycles. The van der Waals surface area contributed by atoms with Crippen LogP contribution in [-0.2, 0) is 17.6 Å². The third kappa shape index (κ3) is 2.97. The minimum absolute atomic E-state index is 0.595. The molecule has 1 unspecified atom stereocenters. The first-order valence-electron chi connectivity index (χ1n) is 5.47. The first-order chi connectivity index (χ1) is 7.38. The van der Waals surface area contributed by atoms with Crippen LogP contribution in [0.1, 0.15) is 17.9 Å². The normalized spacial score (nSPS) is 20.7. The number of hydrogen-bond acceptors (Lipinski definition) is 4. The van der Waals surface area contributed by atoms with Crippen molar-refractivity contribution in [2.75, 3.05) is 19.8 Å². The molecule has 2 heterocycles. The van der Waals surface area contributed by atoms with Crippen molar-refractivity contribution in [1.82, 2.24) is 9.97 Å². The molecule has 0 aromatic carbocycles. The second kappa shape index (κ2) is 5.19. The predicted molar refractivity (Wildman–Crippen MR) is 57.4 cm³/mol. The minimum Gasteiger partial charge on any atom is -0.381 e. The largest absolute Gasteiger partial charge is 0.381 e. The van der Waals surface area contributed by atoms with Crippen molar-refractivity contribution in [3.8, 4) is 0 Å². The van der Waals surface area contributed by atoms with E-state index in [0.29, 0.717) is 12.5 Å². The Balaban J connectivity index is 1.97. The highest BCUT2D eigenvalue weighted by atomic mass is 16.5. The lowest BCUT2D eigenvalue weighted by Gasteiger charge is -2.06. The van der Waals surface area contributed by atoms with Gasteiger partial charge in [0.2, 0.25) is 0 Å². The number of hydrogen-bond donors (Lipinski definition) is 1. The van der Waals surface area contributed by atoms with Crippen LogP contribution in [0.3, 0.4) is 0 Å². The lowest BCUT2D eigenvalue weighted by atomic mass is 10.0. The van der Waals surface area contributed by atoms with Crippen LogP contribution < -0.4 is 5.73 Å². The first-order valence-corrected chi connectivity index (χ1v) is 5.47. The molecule has 2 rings (SSSR count). The molecule has 4 heteroatoms. The van der Waals surface area contributed by atoms with Crippen molar-refractivity contribution in [3.05, 3.63) is 23.8 Å². The molecule has 82 valence electrons. The Morgan fingerprint density at radius 1 is 1.53 bits per heavy atom. The SMILES string of the molecule is NCCc1ccnc(CC2CCOC2)n1. The van der Waals surface area contributed by atoms with Crippen LogP contribution in [0.25, 0.3) is 0 Å². The van der Waals surface area contributed by atoms with Crippen LogP contribution in [0, 0.1) is 5.92 Å². The Labute approximate surface area is 89.9 Å². The summed E-state index contributed by atoms with van der Waals surface area (Å²) < 4.78 is 5.33. The van der Waals surface area contributed by atoms with E-state index in [4.69, 9.17) is 10.5 Å². The zero-order valence-electron chi connectivity index (χ0n) is 8.85. The molecule has 4 nitrogen and oxygen atoms in total. The van der Waals surface area contributed by atoms with Crippen LogP contribution in [0.15, 0.2) is 12.3 Å². The number of rotatable bonds is 4. The number of aromatic nitrogens is 2. The van der Waals surface area contributed by atoms with Crippen LogP contribution in [-0.4, -0.2) is 29.7 Å². The Kier molecular flexibility index (Phi) is 3.64. The van der Waals surface area contributed by atoms with Crippen LogP contribution in [0.4, 0.5) is 0 Å². The summed E-state index contributed by atoms with van der Waals surface area (Å²) in [5, 5.41) is 0. The topological polar surface area (TPSA) is 61.0 Å². The summed E-state index contributed by atoms with van der Waals surface area (Å²) in [7, 11) is 0. The van der Waals surface area contributed by atoms with Gasteiger partial charge in [0.05, 0.1) is 0 Å². The van der Waals surface area contributed by atoms with E-state index in [9.17, 15) is 0 Å². The van der Waals surface area contributed by atoms with Crippen molar-refractivity contribution >= 4 is 0 Å². The van der Waals surface area contributed by atoms with Gasteiger partial charge >= 0.3 is 0 Å². The zero-order valence-corrected chi connectivity index (χ0v) is 8.85. The van der Waals surface area contributed by atoms with Crippen molar-refractivity contribution in [2.45, 2.75) is 19.3 Å². The van der Waals surface area contributed by atoms with Crippen molar-refractivity contribution in [2.24, 2.45) is 11.7 Å². The molecule has 1 saturated heterocycles. The molecule has 15 heavy (non-hydrogen) atoms. The predicted octanol–water partition coefficient (Wildman–Crippen LogP) is 0.557. The quantitative estimate of drug-likeness (QED) is 0.783. The van der Waals surface area contributed by atoms with E-state index < -0.39 is 0 Å². The van der Waals surface area contributed by atoms with E-state index in [0.717, 1.165) is 44.0 Å². The van der Waals surface area contributed by atoms with Gasteiger partial charge in [-0.25, -0.2) is 9.97 Å². The average Bonchev–Trinajstić information content (AvgIpc) is 2.71. The Morgan fingerprint density at radius 2 is 2.47 bits per heavy atom. The van der Waals surface area contributed by atoms with Gasteiger partial charge in [-0.1, -0.05) is 0 Å². The minimum atomic E-state index is 0.595. The molecule has 0 spiro atoms. The van der Waals surface area contributed by atoms with Gasteiger partial charge in [-0.05, 0) is 24.9 Å². The number of ether oxygens (including phenoxy) is 1. The van der Waals surface area contributed by atoms with E-state index in [1.165, 1.54) is 0 Å². The van der Waals surface area contributed by atoms with Crippen LogP contribution in [0.2, 0.25) is 0 Å². The lowest BCUT2D eigenvalue weighted by Crippen LogP contribution is -2.10. The summed E-state index contributed by atoms with van der Waals surface area (Å²) in [5.74, 6) is 1.52. The lowest BCUT2D eigenvalue weighted by molar-refractivity contribution is 0.185. The highest BCUT2D eigenvalue weighted by Crippen LogP contribution is 2.16. The van der Waals surface area contributed by atoms with Gasteiger partial charge < -0.3 is 10.5 Å². The molecule has 1 aliphatic heterocycles. The number of nitrogens with zero attached hydrogens (tertiary/aromatic N) is 2. The third-order valence-corrected chi connectivity index (χ3v) is 2.66. The van der Waals surface area contributed by atoms with E-state index in [1.807, 2.05) is 12.3 Å². The van der Waals surface area contributed by atoms with E-state index in [2.05, 4.69) is 9.97 Å². The maximum absolute atomic E-state index is 5.49. The second-order valence-electron chi connectivity index (χ2n) is 3.94. The Hall–Kier alpha value is -1.00. The summed E-state index contributed by atoms with van der Waals surface area (Å²) in [5.41, 5.74) is 6.54. The molecule has 0 radical (unpaired) electrons. The molecule has 0 saturated carbocycles. The molecule has 1 fully saturated rings. The third-order valence-electron chi connectivity index (χ3n) is 2.66. The summed E-state index contributed by atoms with van der Waals surface area (Å²) in [6, 6.07) is 1.93. The summed E-state index contributed by atoms with van der Waals surface area (Å²) in [6.45, 7) is 2.38. The summed E-state index contributed by atoms with van der Waals surface area (Å²) in [4.78, 5) is 8.76. The van der Waals surface area contributed by atoms with Gasteiger partial charge in [-0.2, -0.15) is 0 Å². The first kappa shape index (κ1) is 10.5. The molecule has 0 bridgehead atoms. The van der Waals surface area contributed by atoms with Gasteiger partial charge in [0, 0.05) is 37.9 Å². The van der Waals surface area contributed by atoms with Gasteiger partial charge in [0.1, 0.15) is 5.82 Å².